The van der Waals surface area contributed by atoms with Gasteiger partial charge in [-0.25, -0.2) is 13.6 Å². The summed E-state index contributed by atoms with van der Waals surface area (Å²) in [4.78, 5) is 27.9. The van der Waals surface area contributed by atoms with Crippen LogP contribution in [0, 0.1) is 11.6 Å². The molecule has 1 N–H and O–H groups in total. The van der Waals surface area contributed by atoms with E-state index in [4.69, 9.17) is 4.74 Å². The summed E-state index contributed by atoms with van der Waals surface area (Å²) in [7, 11) is 1.25. The molecule has 2 amide bonds. The maximum atomic E-state index is 14.9. The zero-order valence-electron chi connectivity index (χ0n) is 17.1. The van der Waals surface area contributed by atoms with Crippen molar-refractivity contribution in [2.75, 3.05) is 56.2 Å². The highest BCUT2D eigenvalue weighted by molar-refractivity contribution is 5.76. The largest absolute Gasteiger partial charge is 0.472 e. The van der Waals surface area contributed by atoms with Gasteiger partial charge in [-0.3, -0.25) is 4.79 Å². The summed E-state index contributed by atoms with van der Waals surface area (Å²) in [6, 6.07) is 2.49. The second-order valence-electron chi connectivity index (χ2n) is 7.10. The summed E-state index contributed by atoms with van der Waals surface area (Å²) >= 11 is 0. The summed E-state index contributed by atoms with van der Waals surface area (Å²) in [5.41, 5.74) is 0.177. The van der Waals surface area contributed by atoms with Crippen LogP contribution < -0.4 is 15.1 Å². The Bertz CT molecular complexity index is 804. The van der Waals surface area contributed by atoms with E-state index in [0.29, 0.717) is 32.6 Å². The topological polar surface area (TPSA) is 74.4 Å². The number of anilines is 2. The molecule has 2 aliphatic rings. The fourth-order valence-corrected chi connectivity index (χ4v) is 3.64. The van der Waals surface area contributed by atoms with Gasteiger partial charge in [-0.15, -0.1) is 0 Å². The minimum atomic E-state index is -0.691. The monoisotopic (exact) mass is 424 g/mol. The Morgan fingerprint density at radius 1 is 1.23 bits per heavy atom. The van der Waals surface area contributed by atoms with E-state index in [9.17, 15) is 18.4 Å². The van der Waals surface area contributed by atoms with Gasteiger partial charge in [0, 0.05) is 38.3 Å². The van der Waals surface area contributed by atoms with Crippen LogP contribution in [-0.2, 0) is 14.3 Å². The first-order valence-corrected chi connectivity index (χ1v) is 9.80. The van der Waals surface area contributed by atoms with Gasteiger partial charge in [0.2, 0.25) is 5.91 Å². The Morgan fingerprint density at radius 2 is 1.87 bits per heavy atom. The van der Waals surface area contributed by atoms with E-state index in [1.165, 1.54) is 19.2 Å². The number of ether oxygens (including phenoxy) is 2. The molecule has 10 heteroatoms. The molecule has 2 heterocycles. The van der Waals surface area contributed by atoms with E-state index in [1.54, 1.807) is 21.6 Å². The van der Waals surface area contributed by atoms with Gasteiger partial charge in [-0.05, 0) is 18.7 Å². The number of piperazine rings is 1. The number of nitrogens with zero attached hydrogens (tertiary/aromatic N) is 3. The number of alkyl carbamates (subject to hydrolysis) is 1. The summed E-state index contributed by atoms with van der Waals surface area (Å²) < 4.78 is 39.8. The van der Waals surface area contributed by atoms with Crippen molar-refractivity contribution in [2.45, 2.75) is 19.4 Å². The minimum Gasteiger partial charge on any atom is -0.472 e. The van der Waals surface area contributed by atoms with Crippen LogP contribution in [-0.4, -0.2) is 69.4 Å². The second-order valence-corrected chi connectivity index (χ2v) is 7.10. The molecule has 0 bridgehead atoms. The summed E-state index contributed by atoms with van der Waals surface area (Å²) in [6.45, 7) is 7.60. The fraction of sp³-hybridized carbons (Fsp3) is 0.500. The quantitative estimate of drug-likeness (QED) is 0.780. The van der Waals surface area contributed by atoms with Gasteiger partial charge in [0.15, 0.2) is 17.5 Å². The van der Waals surface area contributed by atoms with E-state index < -0.39 is 23.8 Å². The second kappa shape index (κ2) is 9.19. The van der Waals surface area contributed by atoms with Crippen LogP contribution in [0.1, 0.15) is 13.3 Å². The average molecular weight is 424 g/mol. The highest BCUT2D eigenvalue weighted by atomic mass is 19.1. The Kier molecular flexibility index (Phi) is 6.63. The molecule has 2 aliphatic heterocycles. The number of carbonyl (C=O) groups excluding carboxylic acids is 2. The maximum Gasteiger partial charge on any atom is 0.406 e. The van der Waals surface area contributed by atoms with Crippen LogP contribution in [0.15, 0.2) is 24.6 Å². The highest BCUT2D eigenvalue weighted by Crippen LogP contribution is 2.33. The van der Waals surface area contributed by atoms with Crippen LogP contribution in [0.25, 0.3) is 0 Å². The number of carbonyl (C=O) groups is 2. The first kappa shape index (κ1) is 21.7. The molecule has 3 rings (SSSR count). The molecule has 0 radical (unpaired) electrons. The first-order chi connectivity index (χ1) is 14.3. The Hall–Kier alpha value is -3.04. The summed E-state index contributed by atoms with van der Waals surface area (Å²) in [5.74, 6) is -1.10. The van der Waals surface area contributed by atoms with Gasteiger partial charge in [-0.1, -0.05) is 6.92 Å². The fourth-order valence-electron chi connectivity index (χ4n) is 3.64. The average Bonchev–Trinajstić information content (AvgIpc) is 3.11. The molecule has 8 nitrogen and oxygen atoms in total. The van der Waals surface area contributed by atoms with Gasteiger partial charge in [0.05, 0.1) is 20.2 Å². The van der Waals surface area contributed by atoms with Gasteiger partial charge in [-0.2, -0.15) is 0 Å². The maximum absolute atomic E-state index is 14.9. The predicted molar refractivity (Wildman–Crippen MR) is 107 cm³/mol. The van der Waals surface area contributed by atoms with Crippen LogP contribution in [0.2, 0.25) is 0 Å². The molecule has 2 fully saturated rings. The third-order valence-electron chi connectivity index (χ3n) is 5.21. The third kappa shape index (κ3) is 4.58. The van der Waals surface area contributed by atoms with Gasteiger partial charge < -0.3 is 29.5 Å². The molecule has 2 saturated heterocycles. The van der Waals surface area contributed by atoms with Crippen molar-refractivity contribution in [1.29, 1.82) is 0 Å². The molecule has 0 aromatic heterocycles. The van der Waals surface area contributed by atoms with E-state index >= 15 is 0 Å². The van der Waals surface area contributed by atoms with Gasteiger partial charge in [0.1, 0.15) is 11.8 Å². The van der Waals surface area contributed by atoms with Crippen molar-refractivity contribution in [2.24, 2.45) is 0 Å². The molecule has 164 valence electrons. The van der Waals surface area contributed by atoms with Crippen molar-refractivity contribution in [3.63, 3.8) is 0 Å². The van der Waals surface area contributed by atoms with Gasteiger partial charge >= 0.3 is 6.09 Å². The molecule has 1 aromatic rings. The van der Waals surface area contributed by atoms with E-state index in [1.807, 2.05) is 0 Å². The lowest BCUT2D eigenvalue weighted by Gasteiger charge is -2.36. The van der Waals surface area contributed by atoms with Gasteiger partial charge in [0.25, 0.3) is 0 Å². The Labute approximate surface area is 174 Å². The number of benzene rings is 1. The molecular formula is C20H26F2N4O4. The molecule has 0 saturated carbocycles. The normalized spacial score (nSPS) is 19.0. The van der Waals surface area contributed by atoms with E-state index in [-0.39, 0.29) is 36.3 Å². The molecular weight excluding hydrogens is 398 g/mol. The summed E-state index contributed by atoms with van der Waals surface area (Å²) in [6.07, 6.45) is -0.605. The zero-order valence-corrected chi connectivity index (χ0v) is 17.1. The molecule has 1 unspecified atom stereocenters. The van der Waals surface area contributed by atoms with Crippen molar-refractivity contribution >= 4 is 23.4 Å². The summed E-state index contributed by atoms with van der Waals surface area (Å²) in [5, 5.41) is 2.52. The lowest BCUT2D eigenvalue weighted by molar-refractivity contribution is -0.131. The van der Waals surface area contributed by atoms with Crippen molar-refractivity contribution in [3.05, 3.63) is 36.2 Å². The van der Waals surface area contributed by atoms with E-state index in [0.717, 1.165) is 0 Å². The zero-order chi connectivity index (χ0) is 21.8. The molecule has 1 aromatic carbocycles. The molecule has 0 spiro atoms. The number of halogens is 2. The standard InChI is InChI=1S/C20H26F2N4O4/c1-4-18(27)24-5-7-25(8-6-24)19-16(21)9-14(10-17(19)22)26-12-15(30-13(26)2)11-23-20(28)29-3/h9-10,15H,2,4-8,11-12H2,1,3H3,(H,23,28). The number of hydrogen-bond acceptors (Lipinski definition) is 6. The van der Waals surface area contributed by atoms with Crippen LogP contribution in [0.4, 0.5) is 25.0 Å². The number of rotatable bonds is 5. The predicted octanol–water partition coefficient (Wildman–Crippen LogP) is 2.06. The van der Waals surface area contributed by atoms with Crippen molar-refractivity contribution in [3.8, 4) is 0 Å². The Morgan fingerprint density at radius 3 is 2.43 bits per heavy atom. The molecule has 0 aliphatic carbocycles. The molecule has 30 heavy (non-hydrogen) atoms. The smallest absolute Gasteiger partial charge is 0.406 e. The first-order valence-electron chi connectivity index (χ1n) is 9.80. The number of hydrogen-bond donors (Lipinski definition) is 1. The lowest BCUT2D eigenvalue weighted by atomic mass is 10.2. The molecule has 1 atom stereocenters. The SMILES string of the molecule is C=C1OC(CNC(=O)OC)CN1c1cc(F)c(N2CCN(C(=O)CC)CC2)c(F)c1. The van der Waals surface area contributed by atoms with Crippen LogP contribution >= 0.6 is 0 Å². The number of nitrogens with one attached hydrogen (secondary N) is 1. The number of methoxy groups -OCH3 is 1. The Balaban J connectivity index is 1.68. The highest BCUT2D eigenvalue weighted by Gasteiger charge is 2.31. The minimum absolute atomic E-state index is 0.0368. The van der Waals surface area contributed by atoms with E-state index in [2.05, 4.69) is 16.6 Å². The third-order valence-corrected chi connectivity index (χ3v) is 5.21. The van der Waals surface area contributed by atoms with Crippen molar-refractivity contribution in [1.82, 2.24) is 10.2 Å². The van der Waals surface area contributed by atoms with Crippen molar-refractivity contribution < 1.29 is 27.8 Å². The van der Waals surface area contributed by atoms with Crippen LogP contribution in [0.5, 0.6) is 0 Å². The number of amides is 2. The van der Waals surface area contributed by atoms with Crippen LogP contribution in [0.3, 0.4) is 0 Å². The lowest BCUT2D eigenvalue weighted by Crippen LogP contribution is -2.49.